The summed E-state index contributed by atoms with van der Waals surface area (Å²) < 4.78 is 50.6. The van der Waals surface area contributed by atoms with Gasteiger partial charge in [-0.05, 0) is 48.9 Å². The van der Waals surface area contributed by atoms with E-state index in [2.05, 4.69) is 15.6 Å². The summed E-state index contributed by atoms with van der Waals surface area (Å²) in [5.74, 6) is -1.19. The van der Waals surface area contributed by atoms with Gasteiger partial charge in [-0.2, -0.15) is 13.2 Å². The van der Waals surface area contributed by atoms with Crippen LogP contribution in [-0.2, 0) is 17.5 Å². The average Bonchev–Trinajstić information content (AvgIpc) is 2.81. The lowest BCUT2D eigenvalue weighted by molar-refractivity contribution is -0.137. The maximum absolute atomic E-state index is 13.4. The van der Waals surface area contributed by atoms with Crippen molar-refractivity contribution in [1.82, 2.24) is 10.3 Å². The predicted octanol–water partition coefficient (Wildman–Crippen LogP) is 4.02. The molecule has 1 aromatic carbocycles. The third-order valence-corrected chi connectivity index (χ3v) is 6.73. The van der Waals surface area contributed by atoms with Crippen LogP contribution in [-0.4, -0.2) is 35.5 Å². The number of ether oxygens (including phenoxy) is 2. The number of amides is 3. The molecule has 1 aromatic heterocycles. The molecule has 2 aromatic rings. The molecule has 0 bridgehead atoms. The van der Waals surface area contributed by atoms with Crippen LogP contribution in [0.5, 0.6) is 5.88 Å². The van der Waals surface area contributed by atoms with E-state index in [9.17, 15) is 27.6 Å². The van der Waals surface area contributed by atoms with Crippen molar-refractivity contribution in [3.05, 3.63) is 52.7 Å². The normalized spacial score (nSPS) is 20.9. The molecule has 0 spiro atoms. The number of hydrogen-bond donors (Lipinski definition) is 3. The van der Waals surface area contributed by atoms with Gasteiger partial charge in [-0.3, -0.25) is 14.9 Å². The highest BCUT2D eigenvalue weighted by molar-refractivity contribution is 6.04. The highest BCUT2D eigenvalue weighted by atomic mass is 19.4. The van der Waals surface area contributed by atoms with E-state index in [4.69, 9.17) is 15.2 Å². The molecule has 4 rings (SSSR count). The number of nitrogens with one attached hydrogen (secondary N) is 2. The summed E-state index contributed by atoms with van der Waals surface area (Å²) in [5, 5.41) is 5.12. The number of cyclic esters (lactones) is 1. The van der Waals surface area contributed by atoms with Crippen LogP contribution in [0.3, 0.4) is 0 Å². The summed E-state index contributed by atoms with van der Waals surface area (Å²) in [6.45, 7) is 1.92. The molecule has 192 valence electrons. The number of carbonyl (C=O) groups excluding carboxylic acids is 3. The van der Waals surface area contributed by atoms with Gasteiger partial charge in [0.2, 0.25) is 5.88 Å². The van der Waals surface area contributed by atoms with Gasteiger partial charge in [0.25, 0.3) is 11.8 Å². The molecule has 3 amide bonds. The lowest BCUT2D eigenvalue weighted by atomic mass is 9.62. The molecule has 9 nitrogen and oxygen atoms in total. The van der Waals surface area contributed by atoms with Gasteiger partial charge in [0.05, 0.1) is 23.4 Å². The highest BCUT2D eigenvalue weighted by Crippen LogP contribution is 2.47. The molecular formula is C24H25F3N4O5. The molecule has 12 heteroatoms. The SMILES string of the molecule is CCC1(CCOc2ncccc2C(N)=O)CC(NC(=O)c2cc(C(F)(F)F)cc3c2NC(=O)OC3)C1. The Hall–Kier alpha value is -3.83. The Balaban J connectivity index is 1.40. The fourth-order valence-corrected chi connectivity index (χ4v) is 4.67. The van der Waals surface area contributed by atoms with Gasteiger partial charge in [-0.25, -0.2) is 9.78 Å². The standard InChI is InChI=1S/C24H25F3N4O5/c1-2-23(5-7-35-21-16(19(28)32)4-3-6-29-21)10-15(11-23)30-20(33)17-9-14(24(25,26)27)8-13-12-36-22(34)31-18(13)17/h3-4,6,8-9,15H,2,5,7,10-12H2,1H3,(H2,28,32)(H,30,33)(H,31,34). The third-order valence-electron chi connectivity index (χ3n) is 6.73. The molecule has 2 aliphatic rings. The van der Waals surface area contributed by atoms with E-state index in [0.717, 1.165) is 18.6 Å². The van der Waals surface area contributed by atoms with Crippen LogP contribution in [0.4, 0.5) is 23.7 Å². The van der Waals surface area contributed by atoms with E-state index in [1.807, 2.05) is 6.92 Å². The minimum Gasteiger partial charge on any atom is -0.477 e. The molecule has 36 heavy (non-hydrogen) atoms. The quantitative estimate of drug-likeness (QED) is 0.495. The Morgan fingerprint density at radius 2 is 2.06 bits per heavy atom. The molecule has 1 aliphatic heterocycles. The molecule has 0 radical (unpaired) electrons. The van der Waals surface area contributed by atoms with Crippen LogP contribution in [0.25, 0.3) is 0 Å². The number of pyridine rings is 1. The number of rotatable bonds is 8. The second-order valence-corrected chi connectivity index (χ2v) is 9.01. The fourth-order valence-electron chi connectivity index (χ4n) is 4.67. The van der Waals surface area contributed by atoms with Gasteiger partial charge in [-0.1, -0.05) is 13.3 Å². The van der Waals surface area contributed by atoms with Gasteiger partial charge in [0, 0.05) is 17.8 Å². The Morgan fingerprint density at radius 3 is 2.72 bits per heavy atom. The summed E-state index contributed by atoms with van der Waals surface area (Å²) in [5.41, 5.74) is 4.22. The smallest absolute Gasteiger partial charge is 0.416 e. The van der Waals surface area contributed by atoms with Crippen LogP contribution < -0.4 is 21.1 Å². The van der Waals surface area contributed by atoms with Crippen molar-refractivity contribution in [2.75, 3.05) is 11.9 Å². The molecule has 1 aliphatic carbocycles. The van der Waals surface area contributed by atoms with Gasteiger partial charge >= 0.3 is 12.3 Å². The maximum Gasteiger partial charge on any atom is 0.416 e. The number of primary amides is 1. The molecule has 0 saturated heterocycles. The van der Waals surface area contributed by atoms with Crippen LogP contribution in [0.1, 0.15) is 64.4 Å². The van der Waals surface area contributed by atoms with Gasteiger partial charge < -0.3 is 20.5 Å². The predicted molar refractivity (Wildman–Crippen MR) is 121 cm³/mol. The third kappa shape index (κ3) is 5.21. The Labute approximate surface area is 204 Å². The summed E-state index contributed by atoms with van der Waals surface area (Å²) in [6, 6.07) is 4.45. The van der Waals surface area contributed by atoms with Crippen molar-refractivity contribution < 1.29 is 37.0 Å². The van der Waals surface area contributed by atoms with E-state index >= 15 is 0 Å². The number of aromatic nitrogens is 1. The van der Waals surface area contributed by atoms with E-state index in [-0.39, 0.29) is 52.9 Å². The number of fused-ring (bicyclic) bond motifs is 1. The average molecular weight is 506 g/mol. The minimum atomic E-state index is -4.67. The summed E-state index contributed by atoms with van der Waals surface area (Å²) in [7, 11) is 0. The van der Waals surface area contributed by atoms with Crippen LogP contribution in [0, 0.1) is 5.41 Å². The van der Waals surface area contributed by atoms with Gasteiger partial charge in [-0.15, -0.1) is 0 Å². The van der Waals surface area contributed by atoms with Crippen LogP contribution in [0.2, 0.25) is 0 Å². The molecule has 0 unspecified atom stereocenters. The summed E-state index contributed by atoms with van der Waals surface area (Å²) in [6.07, 6.45) is -1.40. The largest absolute Gasteiger partial charge is 0.477 e. The zero-order valence-electron chi connectivity index (χ0n) is 19.4. The van der Waals surface area contributed by atoms with Crippen molar-refractivity contribution in [3.8, 4) is 5.88 Å². The Bertz CT molecular complexity index is 1190. The number of hydrogen-bond acceptors (Lipinski definition) is 6. The van der Waals surface area contributed by atoms with Gasteiger partial charge in [0.15, 0.2) is 0 Å². The topological polar surface area (TPSA) is 133 Å². The zero-order chi connectivity index (χ0) is 26.1. The number of nitrogens with two attached hydrogens (primary N) is 1. The summed E-state index contributed by atoms with van der Waals surface area (Å²) >= 11 is 0. The van der Waals surface area contributed by atoms with Crippen molar-refractivity contribution in [2.45, 2.75) is 51.4 Å². The fraction of sp³-hybridized carbons (Fsp3) is 0.417. The Kier molecular flexibility index (Phi) is 6.79. The first-order valence-corrected chi connectivity index (χ1v) is 11.4. The first kappa shape index (κ1) is 25.3. The lowest BCUT2D eigenvalue weighted by Crippen LogP contribution is -2.51. The van der Waals surface area contributed by atoms with E-state index < -0.39 is 29.6 Å². The number of anilines is 1. The molecule has 4 N–H and O–H groups in total. The minimum absolute atomic E-state index is 0.0202. The van der Waals surface area contributed by atoms with Crippen molar-refractivity contribution in [3.63, 3.8) is 0 Å². The molecular weight excluding hydrogens is 481 g/mol. The maximum atomic E-state index is 13.4. The second-order valence-electron chi connectivity index (χ2n) is 9.01. The van der Waals surface area contributed by atoms with Crippen LogP contribution >= 0.6 is 0 Å². The number of alkyl halides is 3. The van der Waals surface area contributed by atoms with Crippen molar-refractivity contribution in [2.24, 2.45) is 11.1 Å². The van der Waals surface area contributed by atoms with E-state index in [0.29, 0.717) is 19.3 Å². The van der Waals surface area contributed by atoms with E-state index in [1.54, 1.807) is 6.07 Å². The Morgan fingerprint density at radius 1 is 1.31 bits per heavy atom. The number of benzene rings is 1. The first-order valence-electron chi connectivity index (χ1n) is 11.4. The number of nitrogens with zero attached hydrogens (tertiary/aromatic N) is 1. The monoisotopic (exact) mass is 506 g/mol. The molecule has 2 heterocycles. The van der Waals surface area contributed by atoms with Crippen molar-refractivity contribution >= 4 is 23.6 Å². The summed E-state index contributed by atoms with van der Waals surface area (Å²) in [4.78, 5) is 40.2. The zero-order valence-corrected chi connectivity index (χ0v) is 19.4. The number of halogens is 3. The van der Waals surface area contributed by atoms with E-state index in [1.165, 1.54) is 12.3 Å². The molecule has 1 saturated carbocycles. The highest BCUT2D eigenvalue weighted by Gasteiger charge is 2.44. The molecule has 0 atom stereocenters. The van der Waals surface area contributed by atoms with Gasteiger partial charge in [0.1, 0.15) is 12.2 Å². The number of carbonyl (C=O) groups is 3. The van der Waals surface area contributed by atoms with Crippen LogP contribution in [0.15, 0.2) is 30.5 Å². The van der Waals surface area contributed by atoms with Crippen molar-refractivity contribution in [1.29, 1.82) is 0 Å². The first-order chi connectivity index (χ1) is 17.0. The molecule has 1 fully saturated rings. The lowest BCUT2D eigenvalue weighted by Gasteiger charge is -2.48. The second kappa shape index (κ2) is 9.67.